The van der Waals surface area contributed by atoms with Gasteiger partial charge in [-0.1, -0.05) is 18.2 Å². The number of hydrogen-bond acceptors (Lipinski definition) is 4. The summed E-state index contributed by atoms with van der Waals surface area (Å²) in [4.78, 5) is 11.8. The van der Waals surface area contributed by atoms with Crippen LogP contribution in [0.3, 0.4) is 0 Å². The molecule has 4 nitrogen and oxygen atoms in total. The van der Waals surface area contributed by atoms with Crippen LogP contribution in [0.15, 0.2) is 24.3 Å². The fraction of sp³-hybridized carbons (Fsp3) is 0.562. The molecule has 0 saturated heterocycles. The van der Waals surface area contributed by atoms with Crippen molar-refractivity contribution in [1.82, 2.24) is 4.72 Å². The lowest BCUT2D eigenvalue weighted by Gasteiger charge is -2.40. The van der Waals surface area contributed by atoms with Gasteiger partial charge in [0.25, 0.3) is 6.43 Å². The molecule has 0 unspecified atom stereocenters. The highest BCUT2D eigenvalue weighted by molar-refractivity contribution is 7.90. The molecule has 0 fully saturated rings. The number of benzene rings is 1. The summed E-state index contributed by atoms with van der Waals surface area (Å²) in [7, 11) is 0. The molecule has 1 rings (SSSR count). The third-order valence-electron chi connectivity index (χ3n) is 3.46. The third-order valence-corrected chi connectivity index (χ3v) is 5.08. The second kappa shape index (κ2) is 8.10. The summed E-state index contributed by atoms with van der Waals surface area (Å²) in [6.07, 6.45) is -4.00. The van der Waals surface area contributed by atoms with E-state index in [0.717, 1.165) is 12.1 Å². The van der Waals surface area contributed by atoms with Crippen LogP contribution in [0.5, 0.6) is 0 Å². The number of halogens is 5. The molecule has 1 N–H and O–H groups in total. The molecule has 148 valence electrons. The molecule has 0 amide bonds. The second-order valence-corrected chi connectivity index (χ2v) is 8.33. The van der Waals surface area contributed by atoms with Gasteiger partial charge in [-0.15, -0.1) is 4.72 Å². The number of carbonyl (C=O) groups excluding carboxylic acids is 1. The lowest BCUT2D eigenvalue weighted by atomic mass is 9.84. The predicted octanol–water partition coefficient (Wildman–Crippen LogP) is 3.54. The number of carbonyl (C=O) groups is 1. The maximum atomic E-state index is 14.9. The monoisotopic (exact) mass is 401 g/mol. The van der Waals surface area contributed by atoms with Crippen LogP contribution >= 0.6 is 0 Å². The fourth-order valence-corrected chi connectivity index (χ4v) is 2.98. The topological polar surface area (TPSA) is 61.4 Å². The minimum Gasteiger partial charge on any atom is -0.598 e. The van der Waals surface area contributed by atoms with Crippen LogP contribution in [0.25, 0.3) is 0 Å². The summed E-state index contributed by atoms with van der Waals surface area (Å²) in [6, 6.07) is 3.54. The summed E-state index contributed by atoms with van der Waals surface area (Å²) >= 11 is -2.49. The zero-order valence-corrected chi connectivity index (χ0v) is 15.4. The third kappa shape index (κ3) is 4.12. The van der Waals surface area contributed by atoms with Gasteiger partial charge in [0.15, 0.2) is 0 Å². The minimum absolute atomic E-state index is 0.507. The average Bonchev–Trinajstić information content (AvgIpc) is 2.51. The van der Waals surface area contributed by atoms with Crippen molar-refractivity contribution < 1.29 is 36.0 Å². The highest BCUT2D eigenvalue weighted by Gasteiger charge is 2.70. The molecule has 0 aromatic heterocycles. The van der Waals surface area contributed by atoms with Crippen LogP contribution < -0.4 is 4.72 Å². The first-order chi connectivity index (χ1) is 11.8. The normalized spacial score (nSPS) is 16.3. The van der Waals surface area contributed by atoms with Crippen molar-refractivity contribution in [2.45, 2.75) is 50.3 Å². The van der Waals surface area contributed by atoms with Crippen LogP contribution in [0.1, 0.15) is 33.3 Å². The summed E-state index contributed by atoms with van der Waals surface area (Å²) in [6.45, 7) is 4.73. The van der Waals surface area contributed by atoms with E-state index >= 15 is 0 Å². The molecule has 2 atom stereocenters. The number of nitrogens with one attached hydrogen (secondary N) is 1. The van der Waals surface area contributed by atoms with Gasteiger partial charge in [0.2, 0.25) is 5.54 Å². The highest BCUT2D eigenvalue weighted by atomic mass is 32.2. The van der Waals surface area contributed by atoms with Crippen molar-refractivity contribution in [2.24, 2.45) is 0 Å². The van der Waals surface area contributed by atoms with Crippen LogP contribution in [0, 0.1) is 5.82 Å². The van der Waals surface area contributed by atoms with Gasteiger partial charge in [-0.2, -0.15) is 8.78 Å². The van der Waals surface area contributed by atoms with Crippen molar-refractivity contribution in [3.8, 4) is 0 Å². The van der Waals surface area contributed by atoms with E-state index in [9.17, 15) is 31.3 Å². The Balaban J connectivity index is 3.72. The standard InChI is InChI=1S/C16H20F5NO3S/c1-5-25-13(23)16(20,21)15(12(18)19,22-26(24)14(2,3)4)10-8-6-7-9-11(10)17/h6-9,12,22H,5H2,1-4H3/t15-,26+/m0/s1. The molecule has 0 spiro atoms. The molecule has 0 aliphatic carbocycles. The Hall–Kier alpha value is -1.39. The zero-order chi connectivity index (χ0) is 20.3. The molecule has 10 heteroatoms. The lowest BCUT2D eigenvalue weighted by Crippen LogP contribution is -2.67. The summed E-state index contributed by atoms with van der Waals surface area (Å²) < 4.78 is 88.9. The van der Waals surface area contributed by atoms with Crippen LogP contribution in [0.2, 0.25) is 0 Å². The summed E-state index contributed by atoms with van der Waals surface area (Å²) in [5, 5.41) is 0. The molecule has 0 radical (unpaired) electrons. The molecule has 26 heavy (non-hydrogen) atoms. The van der Waals surface area contributed by atoms with Crippen LogP contribution in [0.4, 0.5) is 22.0 Å². The highest BCUT2D eigenvalue weighted by Crippen LogP contribution is 2.45. The van der Waals surface area contributed by atoms with E-state index in [-0.39, 0.29) is 0 Å². The summed E-state index contributed by atoms with van der Waals surface area (Å²) in [5.74, 6) is -8.60. The van der Waals surface area contributed by atoms with Crippen LogP contribution in [-0.2, 0) is 26.4 Å². The Morgan fingerprint density at radius 1 is 1.27 bits per heavy atom. The minimum atomic E-state index is -4.92. The Kier molecular flexibility index (Phi) is 7.05. The Morgan fingerprint density at radius 3 is 2.23 bits per heavy atom. The van der Waals surface area contributed by atoms with Crippen molar-refractivity contribution in [3.05, 3.63) is 35.6 Å². The Morgan fingerprint density at radius 2 is 1.81 bits per heavy atom. The molecule has 0 heterocycles. The largest absolute Gasteiger partial charge is 0.598 e. The maximum Gasteiger partial charge on any atom is 0.379 e. The Labute approximate surface area is 151 Å². The van der Waals surface area contributed by atoms with Crippen molar-refractivity contribution in [2.75, 3.05) is 6.61 Å². The first-order valence-corrected chi connectivity index (χ1v) is 8.75. The van der Waals surface area contributed by atoms with E-state index in [4.69, 9.17) is 0 Å². The first-order valence-electron chi connectivity index (χ1n) is 7.60. The average molecular weight is 401 g/mol. The Bertz CT molecular complexity index is 639. The van der Waals surface area contributed by atoms with Crippen LogP contribution in [-0.4, -0.2) is 34.2 Å². The molecular weight excluding hydrogens is 381 g/mol. The molecule has 0 aliphatic heterocycles. The van der Waals surface area contributed by atoms with Crippen molar-refractivity contribution >= 4 is 17.3 Å². The summed E-state index contributed by atoms with van der Waals surface area (Å²) in [5.41, 5.74) is -5.08. The van der Waals surface area contributed by atoms with E-state index < -0.39 is 58.0 Å². The smallest absolute Gasteiger partial charge is 0.379 e. The molecular formula is C16H20F5NO3S. The van der Waals surface area contributed by atoms with Gasteiger partial charge < -0.3 is 9.29 Å². The molecule has 1 aromatic rings. The number of hydrogen-bond donors (Lipinski definition) is 1. The zero-order valence-electron chi connectivity index (χ0n) is 14.6. The number of esters is 1. The van der Waals surface area contributed by atoms with E-state index in [1.54, 1.807) is 4.72 Å². The predicted molar refractivity (Wildman–Crippen MR) is 86.7 cm³/mol. The van der Waals surface area contributed by atoms with Gasteiger partial charge in [0.05, 0.1) is 6.61 Å². The van der Waals surface area contributed by atoms with E-state index in [1.165, 1.54) is 27.7 Å². The number of rotatable bonds is 7. The van der Waals surface area contributed by atoms with Gasteiger partial charge in [-0.3, -0.25) is 0 Å². The van der Waals surface area contributed by atoms with E-state index in [0.29, 0.717) is 12.1 Å². The fourth-order valence-electron chi connectivity index (χ4n) is 2.05. The van der Waals surface area contributed by atoms with E-state index in [1.807, 2.05) is 0 Å². The van der Waals surface area contributed by atoms with Gasteiger partial charge in [-0.05, 0) is 33.8 Å². The van der Waals surface area contributed by atoms with Crippen molar-refractivity contribution in [3.63, 3.8) is 0 Å². The van der Waals surface area contributed by atoms with Gasteiger partial charge in [-0.25, -0.2) is 18.0 Å². The van der Waals surface area contributed by atoms with Gasteiger partial charge >= 0.3 is 11.9 Å². The van der Waals surface area contributed by atoms with Crippen molar-refractivity contribution in [1.29, 1.82) is 0 Å². The van der Waals surface area contributed by atoms with Gasteiger partial charge in [0.1, 0.15) is 10.6 Å². The molecule has 0 saturated carbocycles. The van der Waals surface area contributed by atoms with E-state index in [2.05, 4.69) is 4.74 Å². The first kappa shape index (κ1) is 22.7. The maximum absolute atomic E-state index is 14.9. The lowest BCUT2D eigenvalue weighted by molar-refractivity contribution is -0.199. The quantitative estimate of drug-likeness (QED) is 0.431. The molecule has 1 aromatic carbocycles. The number of ether oxygens (including phenoxy) is 1. The number of alkyl halides is 4. The second-order valence-electron chi connectivity index (χ2n) is 6.37. The molecule has 0 bridgehead atoms. The molecule has 0 aliphatic rings. The van der Waals surface area contributed by atoms with Gasteiger partial charge in [0, 0.05) is 16.9 Å². The SMILES string of the molecule is CCOC(=O)C(F)(F)[C@](N[S@+]([O-])C(C)(C)C)(c1ccccc1F)C(F)F.